The number of rotatable bonds is 2. The number of carbonyl (C=O) groups excluding carboxylic acids is 1. The van der Waals surface area contributed by atoms with Gasteiger partial charge in [-0.05, 0) is 43.5 Å². The van der Waals surface area contributed by atoms with Crippen molar-refractivity contribution >= 4 is 39.6 Å². The maximum atomic E-state index is 12.3. The van der Waals surface area contributed by atoms with E-state index in [4.69, 9.17) is 26.4 Å². The average Bonchev–Trinajstić information content (AvgIpc) is 3.26. The number of thiocarbonyl (C=S) groups is 1. The fourth-order valence-electron chi connectivity index (χ4n) is 3.98. The molecule has 0 bridgehead atoms. The van der Waals surface area contributed by atoms with Gasteiger partial charge in [-0.3, -0.25) is 0 Å². The van der Waals surface area contributed by atoms with E-state index in [-0.39, 0.29) is 5.97 Å². The number of nitrogens with zero attached hydrogens (tertiary/aromatic N) is 1. The standard InChI is InChI=1S/C18H24N2O4S2/c1-22-16(21)14-12-4-2-3-5-13(12)26-15(14)19-17(25)20-8-6-18(7-9-20)23-10-11-24-18/h2-11H2,1H3,(H,19,25). The minimum atomic E-state index is -0.411. The zero-order valence-electron chi connectivity index (χ0n) is 15.0. The van der Waals surface area contributed by atoms with Crippen LogP contribution in [-0.2, 0) is 27.1 Å². The molecule has 142 valence electrons. The summed E-state index contributed by atoms with van der Waals surface area (Å²) in [7, 11) is 1.43. The van der Waals surface area contributed by atoms with Crippen LogP contribution < -0.4 is 5.32 Å². The van der Waals surface area contributed by atoms with E-state index in [2.05, 4.69) is 10.2 Å². The van der Waals surface area contributed by atoms with Crippen LogP contribution in [-0.4, -0.2) is 55.2 Å². The highest BCUT2D eigenvalue weighted by Gasteiger charge is 2.40. The Morgan fingerprint density at radius 2 is 1.92 bits per heavy atom. The number of thiophene rings is 1. The molecular weight excluding hydrogens is 372 g/mol. The topological polar surface area (TPSA) is 60.0 Å². The van der Waals surface area contributed by atoms with E-state index in [9.17, 15) is 4.79 Å². The highest BCUT2D eigenvalue weighted by atomic mass is 32.1. The molecule has 1 N–H and O–H groups in total. The third-order valence-corrected chi connectivity index (χ3v) is 6.97. The van der Waals surface area contributed by atoms with Crippen molar-refractivity contribution in [2.24, 2.45) is 0 Å². The maximum Gasteiger partial charge on any atom is 0.341 e. The van der Waals surface area contributed by atoms with E-state index in [0.717, 1.165) is 55.8 Å². The number of hydrogen-bond acceptors (Lipinski definition) is 6. The third kappa shape index (κ3) is 3.35. The minimum Gasteiger partial charge on any atom is -0.465 e. The van der Waals surface area contributed by atoms with Crippen LogP contribution in [0.1, 0.15) is 46.5 Å². The normalized spacial score (nSPS) is 21.5. The van der Waals surface area contributed by atoms with Crippen LogP contribution in [0.15, 0.2) is 0 Å². The molecule has 3 heterocycles. The molecular formula is C18H24N2O4S2. The summed E-state index contributed by atoms with van der Waals surface area (Å²) in [5, 5.41) is 4.80. The van der Waals surface area contributed by atoms with Gasteiger partial charge in [-0.25, -0.2) is 4.79 Å². The van der Waals surface area contributed by atoms with Crippen LogP contribution in [0.2, 0.25) is 0 Å². The average molecular weight is 397 g/mol. The van der Waals surface area contributed by atoms with E-state index >= 15 is 0 Å². The number of anilines is 1. The van der Waals surface area contributed by atoms with E-state index in [1.54, 1.807) is 11.3 Å². The lowest BCUT2D eigenvalue weighted by atomic mass is 9.95. The van der Waals surface area contributed by atoms with Crippen molar-refractivity contribution in [2.75, 3.05) is 38.7 Å². The molecule has 2 saturated heterocycles. The predicted molar refractivity (Wildman–Crippen MR) is 104 cm³/mol. The zero-order chi connectivity index (χ0) is 18.1. The summed E-state index contributed by atoms with van der Waals surface area (Å²) in [6.45, 7) is 2.91. The lowest BCUT2D eigenvalue weighted by Gasteiger charge is -2.38. The van der Waals surface area contributed by atoms with Crippen molar-refractivity contribution in [3.63, 3.8) is 0 Å². The number of methoxy groups -OCH3 is 1. The Balaban J connectivity index is 1.47. The summed E-state index contributed by atoms with van der Waals surface area (Å²) in [4.78, 5) is 15.8. The first kappa shape index (κ1) is 18.2. The monoisotopic (exact) mass is 396 g/mol. The first-order valence-electron chi connectivity index (χ1n) is 9.18. The molecule has 6 nitrogen and oxygen atoms in total. The van der Waals surface area contributed by atoms with Crippen molar-refractivity contribution < 1.29 is 19.0 Å². The molecule has 1 aliphatic carbocycles. The second-order valence-electron chi connectivity index (χ2n) is 6.93. The SMILES string of the molecule is COC(=O)c1c(NC(=S)N2CCC3(CC2)OCCO3)sc2c1CCCC2. The van der Waals surface area contributed by atoms with Gasteiger partial charge in [-0.1, -0.05) is 0 Å². The van der Waals surface area contributed by atoms with Crippen molar-refractivity contribution in [3.05, 3.63) is 16.0 Å². The Bertz CT molecular complexity index is 702. The van der Waals surface area contributed by atoms with Gasteiger partial charge in [-0.15, -0.1) is 11.3 Å². The number of likely N-dealkylation sites (tertiary alicyclic amines) is 1. The Labute approximate surface area is 162 Å². The maximum absolute atomic E-state index is 12.3. The summed E-state index contributed by atoms with van der Waals surface area (Å²) in [6, 6.07) is 0. The molecule has 8 heteroatoms. The lowest BCUT2D eigenvalue weighted by molar-refractivity contribution is -0.180. The number of ether oxygens (including phenoxy) is 3. The van der Waals surface area contributed by atoms with Gasteiger partial charge >= 0.3 is 5.97 Å². The van der Waals surface area contributed by atoms with Gasteiger partial charge < -0.3 is 24.4 Å². The van der Waals surface area contributed by atoms with Crippen molar-refractivity contribution in [3.8, 4) is 0 Å². The highest BCUT2D eigenvalue weighted by Crippen LogP contribution is 2.39. The molecule has 1 aromatic rings. The summed E-state index contributed by atoms with van der Waals surface area (Å²) in [5.74, 6) is -0.689. The fourth-order valence-corrected chi connectivity index (χ4v) is 5.61. The molecule has 26 heavy (non-hydrogen) atoms. The molecule has 4 rings (SSSR count). The Hall–Kier alpha value is -1.22. The lowest BCUT2D eigenvalue weighted by Crippen LogP contribution is -2.48. The molecule has 2 fully saturated rings. The Morgan fingerprint density at radius 1 is 1.23 bits per heavy atom. The van der Waals surface area contributed by atoms with Crippen LogP contribution in [0.5, 0.6) is 0 Å². The Kier molecular flexibility index (Phi) is 5.18. The summed E-state index contributed by atoms with van der Waals surface area (Å²) < 4.78 is 16.6. The number of aryl methyl sites for hydroxylation is 1. The molecule has 0 aromatic carbocycles. The number of fused-ring (bicyclic) bond motifs is 1. The van der Waals surface area contributed by atoms with Gasteiger partial charge in [0, 0.05) is 30.8 Å². The van der Waals surface area contributed by atoms with E-state index in [0.29, 0.717) is 23.9 Å². The molecule has 0 saturated carbocycles. The fraction of sp³-hybridized carbons (Fsp3) is 0.667. The van der Waals surface area contributed by atoms with Crippen molar-refractivity contribution in [1.82, 2.24) is 4.90 Å². The molecule has 0 unspecified atom stereocenters. The van der Waals surface area contributed by atoms with Gasteiger partial charge in [-0.2, -0.15) is 0 Å². The van der Waals surface area contributed by atoms with E-state index in [1.165, 1.54) is 18.4 Å². The minimum absolute atomic E-state index is 0.278. The molecule has 3 aliphatic rings. The largest absolute Gasteiger partial charge is 0.465 e. The number of piperidine rings is 1. The quantitative estimate of drug-likeness (QED) is 0.609. The van der Waals surface area contributed by atoms with Crippen LogP contribution >= 0.6 is 23.6 Å². The third-order valence-electron chi connectivity index (χ3n) is 5.41. The smallest absolute Gasteiger partial charge is 0.341 e. The highest BCUT2D eigenvalue weighted by molar-refractivity contribution is 7.80. The van der Waals surface area contributed by atoms with Gasteiger partial charge in [0.25, 0.3) is 0 Å². The molecule has 1 aromatic heterocycles. The predicted octanol–water partition coefficient (Wildman–Crippen LogP) is 2.95. The van der Waals surface area contributed by atoms with Crippen molar-refractivity contribution in [1.29, 1.82) is 0 Å². The van der Waals surface area contributed by atoms with E-state index in [1.807, 2.05) is 0 Å². The molecule has 0 amide bonds. The number of nitrogens with one attached hydrogen (secondary N) is 1. The van der Waals surface area contributed by atoms with Crippen LogP contribution in [0.3, 0.4) is 0 Å². The molecule has 2 aliphatic heterocycles. The van der Waals surface area contributed by atoms with Gasteiger partial charge in [0.1, 0.15) is 5.00 Å². The number of hydrogen-bond donors (Lipinski definition) is 1. The second-order valence-corrected chi connectivity index (χ2v) is 8.42. The van der Waals surface area contributed by atoms with Crippen LogP contribution in [0.4, 0.5) is 5.00 Å². The first-order valence-corrected chi connectivity index (χ1v) is 10.4. The molecule has 1 spiro atoms. The summed E-state index contributed by atoms with van der Waals surface area (Å²) in [5.41, 5.74) is 1.81. The number of carbonyl (C=O) groups is 1. The van der Waals surface area contributed by atoms with Gasteiger partial charge in [0.2, 0.25) is 0 Å². The Morgan fingerprint density at radius 3 is 2.62 bits per heavy atom. The summed E-state index contributed by atoms with van der Waals surface area (Å²) >= 11 is 7.27. The number of esters is 1. The van der Waals surface area contributed by atoms with Crippen molar-refractivity contribution in [2.45, 2.75) is 44.3 Å². The zero-order valence-corrected chi connectivity index (χ0v) is 16.6. The molecule has 0 atom stereocenters. The van der Waals surface area contributed by atoms with Gasteiger partial charge in [0.15, 0.2) is 10.9 Å². The van der Waals surface area contributed by atoms with E-state index < -0.39 is 5.79 Å². The first-order chi connectivity index (χ1) is 12.6. The second kappa shape index (κ2) is 7.42. The molecule has 0 radical (unpaired) electrons. The van der Waals surface area contributed by atoms with Crippen LogP contribution in [0, 0.1) is 0 Å². The summed E-state index contributed by atoms with van der Waals surface area (Å²) in [6.07, 6.45) is 5.86. The van der Waals surface area contributed by atoms with Crippen LogP contribution in [0.25, 0.3) is 0 Å². The van der Waals surface area contributed by atoms with Gasteiger partial charge in [0.05, 0.1) is 25.9 Å².